The molecule has 1 N–H and O–H groups in total. The Labute approximate surface area is 260 Å². The quantitative estimate of drug-likeness (QED) is 0.198. The van der Waals surface area contributed by atoms with Gasteiger partial charge in [0.25, 0.3) is 0 Å². The molecular weight excluding hydrogens is 552 g/mol. The van der Waals surface area contributed by atoms with Gasteiger partial charge in [-0.3, -0.25) is 9.69 Å². The molecule has 1 aliphatic heterocycles. The van der Waals surface area contributed by atoms with E-state index < -0.39 is 17.7 Å². The molecule has 1 fully saturated rings. The molecule has 1 aromatic heterocycles. The van der Waals surface area contributed by atoms with Gasteiger partial charge in [-0.05, 0) is 81.3 Å². The van der Waals surface area contributed by atoms with E-state index in [-0.39, 0.29) is 18.2 Å². The number of piperidine rings is 1. The number of carboxylic acid groups (broad SMARTS) is 1. The molecule has 44 heavy (non-hydrogen) atoms. The Morgan fingerprint density at radius 2 is 1.86 bits per heavy atom. The molecule has 1 saturated heterocycles. The van der Waals surface area contributed by atoms with Crippen LogP contribution < -0.4 is 0 Å². The van der Waals surface area contributed by atoms with Crippen LogP contribution in [0.2, 0.25) is 0 Å². The van der Waals surface area contributed by atoms with Crippen LogP contribution in [0.1, 0.15) is 69.3 Å². The van der Waals surface area contributed by atoms with Crippen LogP contribution in [0.3, 0.4) is 0 Å². The number of aryl methyl sites for hydroxylation is 2. The average molecular weight is 599 g/mol. The van der Waals surface area contributed by atoms with Crippen molar-refractivity contribution in [3.63, 3.8) is 0 Å². The zero-order valence-corrected chi connectivity index (χ0v) is 26.8. The minimum Gasteiger partial charge on any atom is -0.465 e. The highest BCUT2D eigenvalue weighted by Gasteiger charge is 2.37. The average Bonchev–Trinajstić information content (AvgIpc) is 3.36. The Morgan fingerprint density at radius 1 is 1.09 bits per heavy atom. The standard InChI is InChI=1S/C36H46N4O4/c1-25-11-8-15-31-33(25)39(19-10-20-44-5)34(37-31)29-14-9-18-38(24-29)32(41)23-30(40(35(42)43)36(2,3)4)22-26-16-17-27-12-6-7-13-28(27)21-26/h6-8,11-13,15-17,21,29-30H,9-10,14,18-20,22-24H2,1-5H3,(H,42,43)/t29-,30-/m1/s1. The lowest BCUT2D eigenvalue weighted by Crippen LogP contribution is -2.54. The van der Waals surface area contributed by atoms with Crippen LogP contribution in [0.5, 0.6) is 0 Å². The summed E-state index contributed by atoms with van der Waals surface area (Å²) in [6.07, 6.45) is 2.31. The molecule has 1 aliphatic rings. The van der Waals surface area contributed by atoms with E-state index in [4.69, 9.17) is 9.72 Å². The van der Waals surface area contributed by atoms with Gasteiger partial charge in [-0.2, -0.15) is 0 Å². The summed E-state index contributed by atoms with van der Waals surface area (Å²) in [4.78, 5) is 35.2. The maximum Gasteiger partial charge on any atom is 0.408 e. The Morgan fingerprint density at radius 3 is 2.59 bits per heavy atom. The number of aromatic nitrogens is 2. The maximum atomic E-state index is 14.0. The Bertz CT molecular complexity index is 1620. The molecule has 2 heterocycles. The number of para-hydroxylation sites is 1. The lowest BCUT2D eigenvalue weighted by molar-refractivity contribution is -0.134. The Kier molecular flexibility index (Phi) is 9.59. The van der Waals surface area contributed by atoms with Gasteiger partial charge in [0.1, 0.15) is 5.82 Å². The molecule has 234 valence electrons. The largest absolute Gasteiger partial charge is 0.465 e. The molecule has 0 radical (unpaired) electrons. The van der Waals surface area contributed by atoms with Crippen LogP contribution in [0.25, 0.3) is 21.8 Å². The summed E-state index contributed by atoms with van der Waals surface area (Å²) in [5, 5.41) is 12.6. The molecule has 0 saturated carbocycles. The molecule has 4 aromatic rings. The van der Waals surface area contributed by atoms with Gasteiger partial charge in [-0.1, -0.05) is 54.6 Å². The summed E-state index contributed by atoms with van der Waals surface area (Å²) in [5.41, 5.74) is 3.69. The molecule has 0 bridgehead atoms. The predicted octanol–water partition coefficient (Wildman–Crippen LogP) is 7.02. The van der Waals surface area contributed by atoms with Crippen molar-refractivity contribution in [3.05, 3.63) is 77.6 Å². The highest BCUT2D eigenvalue weighted by molar-refractivity contribution is 5.83. The van der Waals surface area contributed by atoms with Gasteiger partial charge < -0.3 is 19.3 Å². The van der Waals surface area contributed by atoms with Gasteiger partial charge in [0.15, 0.2) is 0 Å². The first kappa shape index (κ1) is 31.5. The van der Waals surface area contributed by atoms with E-state index in [1.807, 2.05) is 43.9 Å². The number of benzene rings is 3. The number of carbonyl (C=O) groups is 2. The number of carbonyl (C=O) groups excluding carboxylic acids is 1. The van der Waals surface area contributed by atoms with Crippen molar-refractivity contribution >= 4 is 33.8 Å². The fraction of sp³-hybridized carbons (Fsp3) is 0.472. The maximum absolute atomic E-state index is 14.0. The molecule has 0 aliphatic carbocycles. The molecule has 8 heteroatoms. The molecular formula is C36H46N4O4. The van der Waals surface area contributed by atoms with Gasteiger partial charge in [0.05, 0.1) is 11.0 Å². The summed E-state index contributed by atoms with van der Waals surface area (Å²) in [7, 11) is 1.72. The highest BCUT2D eigenvalue weighted by atomic mass is 16.5. The first-order valence-corrected chi connectivity index (χ1v) is 15.8. The smallest absolute Gasteiger partial charge is 0.408 e. The lowest BCUT2D eigenvalue weighted by atomic mass is 9.93. The van der Waals surface area contributed by atoms with Crippen molar-refractivity contribution in [2.45, 2.75) is 83.8 Å². The van der Waals surface area contributed by atoms with Crippen molar-refractivity contribution in [1.82, 2.24) is 19.4 Å². The van der Waals surface area contributed by atoms with Crippen molar-refractivity contribution in [1.29, 1.82) is 0 Å². The molecule has 0 unspecified atom stereocenters. The zero-order chi connectivity index (χ0) is 31.4. The van der Waals surface area contributed by atoms with Gasteiger partial charge in [-0.15, -0.1) is 0 Å². The van der Waals surface area contributed by atoms with Gasteiger partial charge in [0.2, 0.25) is 5.91 Å². The normalized spacial score (nSPS) is 16.4. The van der Waals surface area contributed by atoms with E-state index in [2.05, 4.69) is 54.0 Å². The Balaban J connectivity index is 1.40. The molecule has 0 spiro atoms. The second-order valence-electron chi connectivity index (χ2n) is 13.2. The third-order valence-corrected chi connectivity index (χ3v) is 8.86. The number of rotatable bonds is 10. The van der Waals surface area contributed by atoms with Gasteiger partial charge in [0, 0.05) is 57.3 Å². The van der Waals surface area contributed by atoms with Crippen molar-refractivity contribution < 1.29 is 19.4 Å². The second kappa shape index (κ2) is 13.4. The first-order valence-electron chi connectivity index (χ1n) is 15.8. The van der Waals surface area contributed by atoms with Crippen LogP contribution in [0, 0.1) is 6.92 Å². The number of fused-ring (bicyclic) bond motifs is 2. The molecule has 3 aromatic carbocycles. The fourth-order valence-electron chi connectivity index (χ4n) is 6.92. The minimum atomic E-state index is -1.01. The van der Waals surface area contributed by atoms with Gasteiger partial charge >= 0.3 is 6.09 Å². The summed E-state index contributed by atoms with van der Waals surface area (Å²) >= 11 is 0. The third kappa shape index (κ3) is 6.91. The first-order chi connectivity index (χ1) is 21.1. The number of nitrogens with zero attached hydrogens (tertiary/aromatic N) is 4. The van der Waals surface area contributed by atoms with Crippen molar-refractivity contribution in [3.8, 4) is 0 Å². The molecule has 5 rings (SSSR count). The summed E-state index contributed by atoms with van der Waals surface area (Å²) in [6, 6.07) is 20.1. The van der Waals surface area contributed by atoms with E-state index in [9.17, 15) is 14.7 Å². The number of likely N-dealkylation sites (tertiary alicyclic amines) is 1. The topological polar surface area (TPSA) is 87.9 Å². The van der Waals surface area contributed by atoms with Crippen LogP contribution in [-0.2, 0) is 22.5 Å². The van der Waals surface area contributed by atoms with E-state index in [0.717, 1.165) is 59.0 Å². The minimum absolute atomic E-state index is 0.00536. The molecule has 8 nitrogen and oxygen atoms in total. The van der Waals surface area contributed by atoms with E-state index in [1.54, 1.807) is 7.11 Å². The van der Waals surface area contributed by atoms with E-state index in [0.29, 0.717) is 26.1 Å². The van der Waals surface area contributed by atoms with Crippen LogP contribution in [0.15, 0.2) is 60.7 Å². The number of imidazole rings is 1. The lowest BCUT2D eigenvalue weighted by Gasteiger charge is -2.41. The van der Waals surface area contributed by atoms with E-state index >= 15 is 0 Å². The monoisotopic (exact) mass is 598 g/mol. The van der Waals surface area contributed by atoms with Crippen molar-refractivity contribution in [2.24, 2.45) is 0 Å². The third-order valence-electron chi connectivity index (χ3n) is 8.86. The summed E-state index contributed by atoms with van der Waals surface area (Å²) < 4.78 is 7.67. The van der Waals surface area contributed by atoms with Crippen LogP contribution in [-0.4, -0.2) is 74.8 Å². The number of hydrogen-bond acceptors (Lipinski definition) is 4. The number of methoxy groups -OCH3 is 1. The Hall–Kier alpha value is -3.91. The predicted molar refractivity (Wildman–Crippen MR) is 175 cm³/mol. The SMILES string of the molecule is COCCCn1c([C@@H]2CCCN(C(=O)C[C@@H](Cc3ccc4ccccc4c3)N(C(=O)O)C(C)(C)C)C2)nc2cccc(C)c21. The molecule has 2 amide bonds. The number of amides is 2. The molecule has 2 atom stereocenters. The van der Waals surface area contributed by atoms with Crippen molar-refractivity contribution in [2.75, 3.05) is 26.8 Å². The fourth-order valence-corrected chi connectivity index (χ4v) is 6.92. The van der Waals surface area contributed by atoms with Crippen LogP contribution in [0.4, 0.5) is 4.79 Å². The van der Waals surface area contributed by atoms with Gasteiger partial charge in [-0.25, -0.2) is 9.78 Å². The summed E-state index contributed by atoms with van der Waals surface area (Å²) in [6.45, 7) is 10.5. The number of ether oxygens (including phenoxy) is 1. The van der Waals surface area contributed by atoms with Crippen LogP contribution >= 0.6 is 0 Å². The van der Waals surface area contributed by atoms with E-state index in [1.165, 1.54) is 10.5 Å². The highest BCUT2D eigenvalue weighted by Crippen LogP contribution is 2.32. The summed E-state index contributed by atoms with van der Waals surface area (Å²) in [5.74, 6) is 1.13. The number of hydrogen-bond donors (Lipinski definition) is 1. The zero-order valence-electron chi connectivity index (χ0n) is 26.8. The second-order valence-corrected chi connectivity index (χ2v) is 13.2.